The molecule has 2 aliphatic rings. The van der Waals surface area contributed by atoms with Crippen molar-refractivity contribution in [2.24, 2.45) is 0 Å². The number of likely N-dealkylation sites (tertiary alicyclic amines) is 2. The van der Waals surface area contributed by atoms with Crippen molar-refractivity contribution in [1.82, 2.24) is 24.3 Å². The summed E-state index contributed by atoms with van der Waals surface area (Å²) in [5, 5.41) is 0. The van der Waals surface area contributed by atoms with E-state index in [4.69, 9.17) is 4.98 Å². The van der Waals surface area contributed by atoms with Crippen LogP contribution in [0, 0.1) is 0 Å². The van der Waals surface area contributed by atoms with Crippen LogP contribution in [-0.4, -0.2) is 64.6 Å². The second kappa shape index (κ2) is 5.07. The van der Waals surface area contributed by atoms with E-state index in [0.717, 1.165) is 24.3 Å². The SMILES string of the molecule is CN1CCC(c2nc3cccnc3n2C2CCN(C)C2)C1. The summed E-state index contributed by atoms with van der Waals surface area (Å²) in [6, 6.07) is 4.61. The Morgan fingerprint density at radius 3 is 2.62 bits per heavy atom. The van der Waals surface area contributed by atoms with Crippen molar-refractivity contribution in [2.45, 2.75) is 24.8 Å². The first-order valence-electron chi connectivity index (χ1n) is 7.92. The van der Waals surface area contributed by atoms with E-state index in [1.807, 2.05) is 12.3 Å². The van der Waals surface area contributed by atoms with Crippen LogP contribution in [0.25, 0.3) is 11.2 Å². The van der Waals surface area contributed by atoms with E-state index >= 15 is 0 Å². The van der Waals surface area contributed by atoms with E-state index in [-0.39, 0.29) is 0 Å². The van der Waals surface area contributed by atoms with E-state index in [2.05, 4.69) is 39.5 Å². The van der Waals surface area contributed by atoms with E-state index in [9.17, 15) is 0 Å². The average molecular weight is 285 g/mol. The van der Waals surface area contributed by atoms with Crippen molar-refractivity contribution in [2.75, 3.05) is 40.3 Å². The molecule has 5 nitrogen and oxygen atoms in total. The maximum atomic E-state index is 4.95. The highest BCUT2D eigenvalue weighted by molar-refractivity contribution is 5.71. The van der Waals surface area contributed by atoms with Gasteiger partial charge in [-0.15, -0.1) is 0 Å². The third kappa shape index (κ3) is 2.24. The molecule has 21 heavy (non-hydrogen) atoms. The Labute approximate surface area is 125 Å². The van der Waals surface area contributed by atoms with Gasteiger partial charge in [-0.25, -0.2) is 9.97 Å². The molecule has 2 aromatic rings. The van der Waals surface area contributed by atoms with Gasteiger partial charge >= 0.3 is 0 Å². The molecule has 0 bridgehead atoms. The molecule has 0 radical (unpaired) electrons. The van der Waals surface area contributed by atoms with Crippen molar-refractivity contribution in [3.63, 3.8) is 0 Å². The van der Waals surface area contributed by atoms with Crippen LogP contribution in [0.3, 0.4) is 0 Å². The average Bonchev–Trinajstić information content (AvgIpc) is 3.16. The molecule has 2 aromatic heterocycles. The van der Waals surface area contributed by atoms with Gasteiger partial charge in [0.15, 0.2) is 5.65 Å². The third-order valence-corrected chi connectivity index (χ3v) is 4.96. The molecule has 112 valence electrons. The van der Waals surface area contributed by atoms with Crippen LogP contribution in [-0.2, 0) is 0 Å². The number of hydrogen-bond donors (Lipinski definition) is 0. The standard InChI is InChI=1S/C16H23N5/c1-19-8-5-12(10-19)15-18-14-4-3-7-17-16(14)21(15)13-6-9-20(2)11-13/h3-4,7,12-13H,5-6,8-11H2,1-2H3. The Kier molecular flexibility index (Phi) is 3.19. The highest BCUT2D eigenvalue weighted by Crippen LogP contribution is 2.33. The number of fused-ring (bicyclic) bond motifs is 1. The fourth-order valence-corrected chi connectivity index (χ4v) is 3.86. The van der Waals surface area contributed by atoms with Crippen LogP contribution in [0.4, 0.5) is 0 Å². The molecular formula is C16H23N5. The molecule has 0 aromatic carbocycles. The molecule has 0 saturated carbocycles. The van der Waals surface area contributed by atoms with Crippen molar-refractivity contribution >= 4 is 11.2 Å². The molecule has 2 fully saturated rings. The molecule has 0 amide bonds. The van der Waals surface area contributed by atoms with Gasteiger partial charge in [0.2, 0.25) is 0 Å². The van der Waals surface area contributed by atoms with Crippen LogP contribution < -0.4 is 0 Å². The van der Waals surface area contributed by atoms with Gasteiger partial charge in [0.25, 0.3) is 0 Å². The van der Waals surface area contributed by atoms with E-state index < -0.39 is 0 Å². The summed E-state index contributed by atoms with van der Waals surface area (Å²) in [5.41, 5.74) is 2.12. The van der Waals surface area contributed by atoms with Crippen molar-refractivity contribution < 1.29 is 0 Å². The topological polar surface area (TPSA) is 37.2 Å². The van der Waals surface area contributed by atoms with Crippen LogP contribution in [0.2, 0.25) is 0 Å². The predicted molar refractivity (Wildman–Crippen MR) is 83.5 cm³/mol. The minimum atomic E-state index is 0.524. The first kappa shape index (κ1) is 13.2. The van der Waals surface area contributed by atoms with Crippen LogP contribution >= 0.6 is 0 Å². The minimum absolute atomic E-state index is 0.524. The normalized spacial score (nSPS) is 27.9. The molecule has 0 N–H and O–H groups in total. The zero-order chi connectivity index (χ0) is 14.4. The molecule has 5 heteroatoms. The van der Waals surface area contributed by atoms with Gasteiger partial charge in [-0.1, -0.05) is 0 Å². The number of pyridine rings is 1. The largest absolute Gasteiger partial charge is 0.308 e. The van der Waals surface area contributed by atoms with Crippen LogP contribution in [0.15, 0.2) is 18.3 Å². The van der Waals surface area contributed by atoms with E-state index in [1.54, 1.807) is 0 Å². The molecule has 2 unspecified atom stereocenters. The first-order chi connectivity index (χ1) is 10.2. The molecule has 4 heterocycles. The molecule has 0 spiro atoms. The lowest BCUT2D eigenvalue weighted by Crippen LogP contribution is -2.20. The number of hydrogen-bond acceptors (Lipinski definition) is 4. The second-order valence-corrected chi connectivity index (χ2v) is 6.64. The fourth-order valence-electron chi connectivity index (χ4n) is 3.86. The fraction of sp³-hybridized carbons (Fsp3) is 0.625. The molecular weight excluding hydrogens is 262 g/mol. The van der Waals surface area contributed by atoms with Gasteiger partial charge in [-0.2, -0.15) is 0 Å². The lowest BCUT2D eigenvalue weighted by atomic mass is 10.1. The summed E-state index contributed by atoms with van der Waals surface area (Å²) in [6.07, 6.45) is 4.31. The molecule has 0 aliphatic carbocycles. The Morgan fingerprint density at radius 1 is 1.10 bits per heavy atom. The zero-order valence-electron chi connectivity index (χ0n) is 12.9. The summed E-state index contributed by atoms with van der Waals surface area (Å²) < 4.78 is 2.45. The lowest BCUT2D eigenvalue weighted by Gasteiger charge is -2.19. The molecule has 2 aliphatic heterocycles. The highest BCUT2D eigenvalue weighted by atomic mass is 15.2. The smallest absolute Gasteiger partial charge is 0.160 e. The van der Waals surface area contributed by atoms with Gasteiger partial charge in [0.05, 0.1) is 6.04 Å². The summed E-state index contributed by atoms with van der Waals surface area (Å²) >= 11 is 0. The summed E-state index contributed by atoms with van der Waals surface area (Å²) in [4.78, 5) is 14.4. The Hall–Kier alpha value is -1.46. The van der Waals surface area contributed by atoms with Crippen LogP contribution in [0.1, 0.15) is 30.6 Å². The second-order valence-electron chi connectivity index (χ2n) is 6.64. The van der Waals surface area contributed by atoms with Crippen molar-refractivity contribution in [3.8, 4) is 0 Å². The predicted octanol–water partition coefficient (Wildman–Crippen LogP) is 1.73. The zero-order valence-corrected chi connectivity index (χ0v) is 12.9. The first-order valence-corrected chi connectivity index (χ1v) is 7.92. The Bertz CT molecular complexity index is 649. The van der Waals surface area contributed by atoms with E-state index in [0.29, 0.717) is 12.0 Å². The highest BCUT2D eigenvalue weighted by Gasteiger charge is 2.31. The third-order valence-electron chi connectivity index (χ3n) is 4.96. The van der Waals surface area contributed by atoms with Crippen molar-refractivity contribution in [3.05, 3.63) is 24.2 Å². The summed E-state index contributed by atoms with van der Waals surface area (Å²) in [5.74, 6) is 1.81. The van der Waals surface area contributed by atoms with Gasteiger partial charge in [0.1, 0.15) is 11.3 Å². The monoisotopic (exact) mass is 285 g/mol. The van der Waals surface area contributed by atoms with Gasteiger partial charge in [-0.05, 0) is 52.2 Å². The maximum Gasteiger partial charge on any atom is 0.160 e. The summed E-state index contributed by atoms with van der Waals surface area (Å²) in [6.45, 7) is 4.57. The number of aromatic nitrogens is 3. The van der Waals surface area contributed by atoms with Gasteiger partial charge in [0, 0.05) is 25.2 Å². The van der Waals surface area contributed by atoms with E-state index in [1.165, 1.54) is 31.8 Å². The van der Waals surface area contributed by atoms with Gasteiger partial charge in [-0.3, -0.25) is 0 Å². The number of imidazole rings is 1. The molecule has 2 atom stereocenters. The quantitative estimate of drug-likeness (QED) is 0.842. The van der Waals surface area contributed by atoms with Gasteiger partial charge < -0.3 is 14.4 Å². The minimum Gasteiger partial charge on any atom is -0.308 e. The molecule has 4 rings (SSSR count). The van der Waals surface area contributed by atoms with Crippen molar-refractivity contribution in [1.29, 1.82) is 0 Å². The summed E-state index contributed by atoms with van der Waals surface area (Å²) in [7, 11) is 4.41. The number of rotatable bonds is 2. The molecule has 2 saturated heterocycles. The Morgan fingerprint density at radius 2 is 1.90 bits per heavy atom. The Balaban J connectivity index is 1.81. The maximum absolute atomic E-state index is 4.95. The number of likely N-dealkylation sites (N-methyl/N-ethyl adjacent to an activating group) is 2. The lowest BCUT2D eigenvalue weighted by molar-refractivity contribution is 0.384. The van der Waals surface area contributed by atoms with Crippen LogP contribution in [0.5, 0.6) is 0 Å². The number of nitrogens with zero attached hydrogens (tertiary/aromatic N) is 5.